The third-order valence-electron chi connectivity index (χ3n) is 5.02. The van der Waals surface area contributed by atoms with E-state index in [0.717, 1.165) is 41.1 Å². The summed E-state index contributed by atoms with van der Waals surface area (Å²) in [4.78, 5) is 17.0. The Morgan fingerprint density at radius 1 is 1.10 bits per heavy atom. The van der Waals surface area contributed by atoms with Gasteiger partial charge in [-0.25, -0.2) is 8.42 Å². The number of hydrogen-bond acceptors (Lipinski definition) is 6. The van der Waals surface area contributed by atoms with E-state index >= 15 is 0 Å². The minimum absolute atomic E-state index is 0.0936. The Bertz CT molecular complexity index is 1120. The predicted octanol–water partition coefficient (Wildman–Crippen LogP) is 3.44. The Balaban J connectivity index is 1.35. The number of aromatic nitrogens is 1. The number of benzene rings is 1. The minimum atomic E-state index is -3.63. The lowest BCUT2D eigenvalue weighted by atomic mass is 10.2. The van der Waals surface area contributed by atoms with Crippen LogP contribution in [-0.4, -0.2) is 36.7 Å². The molecule has 31 heavy (non-hydrogen) atoms. The number of carbonyl (C=O) groups is 1. The molecule has 3 aromatic rings. The first-order chi connectivity index (χ1) is 15.0. The maximum atomic E-state index is 12.8. The lowest BCUT2D eigenvalue weighted by molar-refractivity contribution is 0.0952. The van der Waals surface area contributed by atoms with Gasteiger partial charge in [0.05, 0.1) is 0 Å². The van der Waals surface area contributed by atoms with Gasteiger partial charge in [-0.05, 0) is 48.1 Å². The van der Waals surface area contributed by atoms with E-state index in [1.807, 2.05) is 36.4 Å². The summed E-state index contributed by atoms with van der Waals surface area (Å²) in [7, 11) is -3.63. The molecule has 1 aliphatic heterocycles. The van der Waals surface area contributed by atoms with Gasteiger partial charge in [0.2, 0.25) is 10.0 Å². The summed E-state index contributed by atoms with van der Waals surface area (Å²) in [6.45, 7) is 1.74. The molecule has 0 unspecified atom stereocenters. The second-order valence-corrected chi connectivity index (χ2v) is 10.0. The van der Waals surface area contributed by atoms with Crippen molar-refractivity contribution < 1.29 is 17.9 Å². The summed E-state index contributed by atoms with van der Waals surface area (Å²) in [6.07, 6.45) is 5.18. The van der Waals surface area contributed by atoms with E-state index in [1.165, 1.54) is 10.4 Å². The van der Waals surface area contributed by atoms with Crippen LogP contribution in [0.1, 0.15) is 33.6 Å². The van der Waals surface area contributed by atoms with Crippen molar-refractivity contribution in [2.24, 2.45) is 0 Å². The lowest BCUT2D eigenvalue weighted by Crippen LogP contribution is -2.30. The molecule has 1 aliphatic rings. The summed E-state index contributed by atoms with van der Waals surface area (Å²) in [5.41, 5.74) is 1.87. The monoisotopic (exact) mass is 457 g/mol. The van der Waals surface area contributed by atoms with E-state index in [0.29, 0.717) is 26.2 Å². The second kappa shape index (κ2) is 9.59. The number of nitrogens with one attached hydrogen (secondary N) is 1. The number of pyridine rings is 1. The number of carbonyl (C=O) groups excluding carboxylic acids is 1. The number of ether oxygens (including phenoxy) is 1. The van der Waals surface area contributed by atoms with E-state index in [-0.39, 0.29) is 15.7 Å². The highest BCUT2D eigenvalue weighted by Crippen LogP contribution is 2.27. The first kappa shape index (κ1) is 21.5. The molecule has 0 aliphatic carbocycles. The van der Waals surface area contributed by atoms with Gasteiger partial charge in [-0.3, -0.25) is 9.78 Å². The van der Waals surface area contributed by atoms with Crippen molar-refractivity contribution in [3.63, 3.8) is 0 Å². The van der Waals surface area contributed by atoms with Crippen molar-refractivity contribution in [2.45, 2.75) is 30.9 Å². The number of rotatable bonds is 8. The van der Waals surface area contributed by atoms with Crippen molar-refractivity contribution >= 4 is 27.3 Å². The third kappa shape index (κ3) is 5.12. The van der Waals surface area contributed by atoms with Crippen LogP contribution >= 0.6 is 11.3 Å². The summed E-state index contributed by atoms with van der Waals surface area (Å²) in [5.74, 6) is 0.334. The molecule has 9 heteroatoms. The topological polar surface area (TPSA) is 88.6 Å². The first-order valence-electron chi connectivity index (χ1n) is 10.0. The molecule has 1 aromatic carbocycles. The van der Waals surface area contributed by atoms with Crippen LogP contribution in [-0.2, 0) is 23.2 Å². The Morgan fingerprint density at radius 2 is 1.87 bits per heavy atom. The number of nitrogens with zero attached hydrogens (tertiary/aromatic N) is 2. The van der Waals surface area contributed by atoms with Gasteiger partial charge in [0.25, 0.3) is 5.91 Å². The van der Waals surface area contributed by atoms with Crippen molar-refractivity contribution in [1.82, 2.24) is 14.6 Å². The molecule has 4 rings (SSSR count). The molecular formula is C22H23N3O4S2. The fraction of sp³-hybridized carbons (Fsp3) is 0.273. The minimum Gasteiger partial charge on any atom is -0.489 e. The Labute approximate surface area is 185 Å². The molecule has 0 bridgehead atoms. The Kier molecular flexibility index (Phi) is 6.64. The summed E-state index contributed by atoms with van der Waals surface area (Å²) in [5, 5.41) is 4.47. The first-order valence-corrected chi connectivity index (χ1v) is 12.3. The number of amides is 1. The summed E-state index contributed by atoms with van der Waals surface area (Å²) < 4.78 is 32.9. The molecule has 2 aromatic heterocycles. The third-order valence-corrected chi connectivity index (χ3v) is 8.01. The molecule has 3 heterocycles. The molecule has 1 saturated heterocycles. The second-order valence-electron chi connectivity index (χ2n) is 7.20. The van der Waals surface area contributed by atoms with Crippen LogP contribution < -0.4 is 10.1 Å². The normalized spacial score (nSPS) is 14.5. The van der Waals surface area contributed by atoms with Crippen molar-refractivity contribution in [3.8, 4) is 5.75 Å². The summed E-state index contributed by atoms with van der Waals surface area (Å²) in [6, 6.07) is 12.7. The van der Waals surface area contributed by atoms with Gasteiger partial charge in [0, 0.05) is 37.6 Å². The van der Waals surface area contributed by atoms with Crippen LogP contribution in [0.4, 0.5) is 0 Å². The summed E-state index contributed by atoms with van der Waals surface area (Å²) >= 11 is 1.14. The Morgan fingerprint density at radius 3 is 2.58 bits per heavy atom. The number of sulfonamides is 1. The quantitative estimate of drug-likeness (QED) is 0.560. The molecule has 0 spiro atoms. The van der Waals surface area contributed by atoms with Gasteiger partial charge in [-0.2, -0.15) is 4.31 Å². The number of thiophene rings is 1. The van der Waals surface area contributed by atoms with E-state index in [9.17, 15) is 13.2 Å². The van der Waals surface area contributed by atoms with Crippen molar-refractivity contribution in [2.75, 3.05) is 13.1 Å². The number of hydrogen-bond donors (Lipinski definition) is 1. The zero-order valence-corrected chi connectivity index (χ0v) is 18.5. The standard InChI is InChI=1S/C22H23N3O4S2/c26-22(21-20(9-13-30-21)31(27,28)25-11-1-2-12-25)24-15-17-5-7-19(8-6-17)29-16-18-4-3-10-23-14-18/h3-10,13-14H,1-2,11-12,15-16H2,(H,24,26). The highest BCUT2D eigenvalue weighted by Gasteiger charge is 2.31. The van der Waals surface area contributed by atoms with E-state index in [4.69, 9.17) is 4.74 Å². The van der Waals surface area contributed by atoms with Gasteiger partial charge in [0.15, 0.2) is 0 Å². The molecule has 1 fully saturated rings. The van der Waals surface area contributed by atoms with Gasteiger partial charge in [0.1, 0.15) is 22.1 Å². The fourth-order valence-corrected chi connectivity index (χ4v) is 6.18. The molecule has 0 saturated carbocycles. The predicted molar refractivity (Wildman–Crippen MR) is 118 cm³/mol. The average molecular weight is 458 g/mol. The zero-order valence-electron chi connectivity index (χ0n) is 16.9. The maximum absolute atomic E-state index is 12.8. The van der Waals surface area contributed by atoms with Crippen LogP contribution in [0.3, 0.4) is 0 Å². The SMILES string of the molecule is O=C(NCc1ccc(OCc2cccnc2)cc1)c1sccc1S(=O)(=O)N1CCCC1. The lowest BCUT2D eigenvalue weighted by Gasteiger charge is -2.15. The molecule has 0 atom stereocenters. The highest BCUT2D eigenvalue weighted by molar-refractivity contribution is 7.89. The van der Waals surface area contributed by atoms with E-state index in [1.54, 1.807) is 17.8 Å². The van der Waals surface area contributed by atoms with Crippen LogP contribution in [0.2, 0.25) is 0 Å². The largest absolute Gasteiger partial charge is 0.489 e. The van der Waals surface area contributed by atoms with Crippen molar-refractivity contribution in [1.29, 1.82) is 0 Å². The van der Waals surface area contributed by atoms with Crippen LogP contribution in [0, 0.1) is 0 Å². The van der Waals surface area contributed by atoms with Gasteiger partial charge < -0.3 is 10.1 Å². The smallest absolute Gasteiger partial charge is 0.263 e. The van der Waals surface area contributed by atoms with E-state index in [2.05, 4.69) is 10.3 Å². The zero-order chi connectivity index (χ0) is 21.7. The average Bonchev–Trinajstić information content (AvgIpc) is 3.50. The molecule has 1 N–H and O–H groups in total. The van der Waals surface area contributed by atoms with Crippen molar-refractivity contribution in [3.05, 3.63) is 76.2 Å². The van der Waals surface area contributed by atoms with Gasteiger partial charge in [-0.15, -0.1) is 11.3 Å². The van der Waals surface area contributed by atoms with Gasteiger partial charge >= 0.3 is 0 Å². The molecule has 1 amide bonds. The molecule has 7 nitrogen and oxygen atoms in total. The fourth-order valence-electron chi connectivity index (χ4n) is 3.35. The molecular weight excluding hydrogens is 434 g/mol. The van der Waals surface area contributed by atoms with E-state index < -0.39 is 10.0 Å². The van der Waals surface area contributed by atoms with Crippen LogP contribution in [0.15, 0.2) is 65.1 Å². The van der Waals surface area contributed by atoms with Gasteiger partial charge in [-0.1, -0.05) is 18.2 Å². The maximum Gasteiger partial charge on any atom is 0.263 e. The van der Waals surface area contributed by atoms with Crippen LogP contribution in [0.5, 0.6) is 5.75 Å². The highest BCUT2D eigenvalue weighted by atomic mass is 32.2. The molecule has 0 radical (unpaired) electrons. The Hall–Kier alpha value is -2.75. The molecule has 162 valence electrons. The van der Waals surface area contributed by atoms with Crippen LogP contribution in [0.25, 0.3) is 0 Å².